The van der Waals surface area contributed by atoms with Crippen LogP contribution in [0.5, 0.6) is 0 Å². The minimum atomic E-state index is -1.30. The third-order valence-electron chi connectivity index (χ3n) is 15.3. The molecule has 1 saturated heterocycles. The molecule has 6 aliphatic rings. The van der Waals surface area contributed by atoms with E-state index in [4.69, 9.17) is 14.2 Å². The average molecular weight is 661 g/mol. The van der Waals surface area contributed by atoms with Crippen LogP contribution in [0.3, 0.4) is 0 Å². The van der Waals surface area contributed by atoms with Gasteiger partial charge in [0.05, 0.1) is 23.5 Å². The van der Waals surface area contributed by atoms with Gasteiger partial charge in [0.2, 0.25) is 0 Å². The maximum absolute atomic E-state index is 13.0. The number of rotatable bonds is 5. The van der Waals surface area contributed by atoms with Crippen LogP contribution in [-0.4, -0.2) is 75.6 Å². The standard InChI is InChI=1S/C37H56O10/c1-20(38)46-28-27(40)23(39)19-45-29(28)47-26-11-12-34(5)24(32(26,2)3)10-13-36(7)25(34)9-8-21-22-18-33(4,30(41)42)14-16-37(22,31(43)44)17-15-35(21,36)6/h8,22-29,39-40H,9-19H2,1-7H3,(H,41,42)(H,43,44). The zero-order valence-electron chi connectivity index (χ0n) is 29.2. The van der Waals surface area contributed by atoms with Gasteiger partial charge in [-0.25, -0.2) is 0 Å². The Bertz CT molecular complexity index is 1340. The molecule has 10 nitrogen and oxygen atoms in total. The Hall–Kier alpha value is -2.01. The van der Waals surface area contributed by atoms with Crippen LogP contribution < -0.4 is 0 Å². The van der Waals surface area contributed by atoms with Gasteiger partial charge < -0.3 is 34.6 Å². The van der Waals surface area contributed by atoms with E-state index < -0.39 is 53.3 Å². The number of carboxylic acid groups (broad SMARTS) is 2. The van der Waals surface area contributed by atoms with E-state index in [1.54, 1.807) is 6.92 Å². The first-order chi connectivity index (χ1) is 21.8. The Balaban J connectivity index is 1.30. The molecule has 0 aromatic carbocycles. The molecule has 6 rings (SSSR count). The van der Waals surface area contributed by atoms with E-state index in [1.807, 2.05) is 0 Å². The first kappa shape index (κ1) is 34.8. The zero-order chi connectivity index (χ0) is 34.5. The monoisotopic (exact) mass is 660 g/mol. The summed E-state index contributed by atoms with van der Waals surface area (Å²) in [6.45, 7) is 14.7. The molecule has 0 amide bonds. The SMILES string of the molecule is CC(=O)OC1C(OC2CCC3(C)C(CCC4(C)C3CC=C3C5CC(C)(C(=O)O)CCC5(C(=O)O)CCC34C)C2(C)C)OCC(O)C1O. The highest BCUT2D eigenvalue weighted by Crippen LogP contribution is 2.76. The van der Waals surface area contributed by atoms with Crippen molar-refractivity contribution >= 4 is 17.9 Å². The van der Waals surface area contributed by atoms with Gasteiger partial charge in [-0.2, -0.15) is 0 Å². The minimum absolute atomic E-state index is 0.0245. The predicted octanol–water partition coefficient (Wildman–Crippen LogP) is 5.33. The van der Waals surface area contributed by atoms with Crippen molar-refractivity contribution in [2.24, 2.45) is 50.2 Å². The van der Waals surface area contributed by atoms with Gasteiger partial charge in [-0.1, -0.05) is 46.3 Å². The van der Waals surface area contributed by atoms with E-state index in [-0.39, 0.29) is 40.3 Å². The molecule has 264 valence electrons. The number of aliphatic carboxylic acids is 2. The summed E-state index contributed by atoms with van der Waals surface area (Å²) in [5.41, 5.74) is -1.26. The molecule has 13 unspecified atom stereocenters. The molecule has 5 fully saturated rings. The van der Waals surface area contributed by atoms with Crippen LogP contribution in [0, 0.1) is 50.2 Å². The molecular formula is C37H56O10. The van der Waals surface area contributed by atoms with Crippen molar-refractivity contribution < 1.29 is 49.0 Å². The van der Waals surface area contributed by atoms with Crippen molar-refractivity contribution in [2.75, 3.05) is 6.61 Å². The predicted molar refractivity (Wildman–Crippen MR) is 171 cm³/mol. The van der Waals surface area contributed by atoms with Crippen molar-refractivity contribution in [1.82, 2.24) is 0 Å². The number of carbonyl (C=O) groups excluding carboxylic acids is 1. The lowest BCUT2D eigenvalue weighted by Gasteiger charge is -2.71. The van der Waals surface area contributed by atoms with Gasteiger partial charge in [0.25, 0.3) is 0 Å². The van der Waals surface area contributed by atoms with Gasteiger partial charge >= 0.3 is 17.9 Å². The summed E-state index contributed by atoms with van der Waals surface area (Å²) in [4.78, 5) is 37.3. The molecule has 47 heavy (non-hydrogen) atoms. The third-order valence-corrected chi connectivity index (χ3v) is 15.3. The Labute approximate surface area is 278 Å². The lowest BCUT2D eigenvalue weighted by atomic mass is 9.33. The van der Waals surface area contributed by atoms with Crippen LogP contribution >= 0.6 is 0 Å². The lowest BCUT2D eigenvalue weighted by Crippen LogP contribution is -2.66. The molecular weight excluding hydrogens is 604 g/mol. The molecule has 0 radical (unpaired) electrons. The average Bonchev–Trinajstić information content (AvgIpc) is 2.98. The molecule has 13 atom stereocenters. The van der Waals surface area contributed by atoms with Crippen LogP contribution in [0.4, 0.5) is 0 Å². The van der Waals surface area contributed by atoms with Gasteiger partial charge in [-0.05, 0) is 111 Å². The van der Waals surface area contributed by atoms with Gasteiger partial charge in [0, 0.05) is 6.92 Å². The summed E-state index contributed by atoms with van der Waals surface area (Å²) in [5.74, 6) is -1.81. The van der Waals surface area contributed by atoms with Gasteiger partial charge in [0.1, 0.15) is 12.2 Å². The number of hydrogen-bond acceptors (Lipinski definition) is 8. The number of carbonyl (C=O) groups is 3. The van der Waals surface area contributed by atoms with Crippen LogP contribution in [-0.2, 0) is 28.6 Å². The van der Waals surface area contributed by atoms with E-state index in [9.17, 15) is 34.8 Å². The fraction of sp³-hybridized carbons (Fsp3) is 0.865. The van der Waals surface area contributed by atoms with E-state index >= 15 is 0 Å². The fourth-order valence-corrected chi connectivity index (χ4v) is 12.2. The third kappa shape index (κ3) is 4.89. The molecule has 5 aliphatic carbocycles. The maximum atomic E-state index is 13.0. The Morgan fingerprint density at radius 3 is 2.19 bits per heavy atom. The van der Waals surface area contributed by atoms with Crippen LogP contribution in [0.25, 0.3) is 0 Å². The number of carboxylic acids is 2. The molecule has 0 aromatic heterocycles. The van der Waals surface area contributed by atoms with Gasteiger partial charge in [0.15, 0.2) is 12.4 Å². The van der Waals surface area contributed by atoms with Crippen molar-refractivity contribution in [3.05, 3.63) is 11.6 Å². The Morgan fingerprint density at radius 2 is 1.55 bits per heavy atom. The number of ether oxygens (including phenoxy) is 3. The van der Waals surface area contributed by atoms with Crippen LogP contribution in [0.1, 0.15) is 113 Å². The number of esters is 1. The molecule has 1 heterocycles. The molecule has 0 aromatic rings. The van der Waals surface area contributed by atoms with Gasteiger partial charge in [-0.3, -0.25) is 14.4 Å². The number of hydrogen-bond donors (Lipinski definition) is 4. The van der Waals surface area contributed by atoms with Crippen molar-refractivity contribution in [2.45, 2.75) is 143 Å². The number of aliphatic hydroxyl groups is 2. The highest BCUT2D eigenvalue weighted by Gasteiger charge is 2.70. The highest BCUT2D eigenvalue weighted by molar-refractivity contribution is 5.79. The molecule has 4 saturated carbocycles. The molecule has 0 spiro atoms. The maximum Gasteiger partial charge on any atom is 0.310 e. The first-order valence-corrected chi connectivity index (χ1v) is 17.7. The number of allylic oxidation sites excluding steroid dienone is 2. The Morgan fingerprint density at radius 1 is 0.872 bits per heavy atom. The second-order valence-corrected chi connectivity index (χ2v) is 17.7. The summed E-state index contributed by atoms with van der Waals surface area (Å²) in [6.07, 6.45) is 4.54. The topological polar surface area (TPSA) is 160 Å². The first-order valence-electron chi connectivity index (χ1n) is 17.7. The lowest BCUT2D eigenvalue weighted by molar-refractivity contribution is -0.310. The van der Waals surface area contributed by atoms with E-state index in [2.05, 4.69) is 40.7 Å². The van der Waals surface area contributed by atoms with E-state index in [1.165, 1.54) is 12.5 Å². The number of fused-ring (bicyclic) bond motifs is 7. The molecule has 1 aliphatic heterocycles. The van der Waals surface area contributed by atoms with E-state index in [0.717, 1.165) is 38.5 Å². The largest absolute Gasteiger partial charge is 0.481 e. The van der Waals surface area contributed by atoms with E-state index in [0.29, 0.717) is 37.5 Å². The normalized spacial score (nSPS) is 50.4. The molecule has 4 N–H and O–H groups in total. The fourth-order valence-electron chi connectivity index (χ4n) is 12.2. The summed E-state index contributed by atoms with van der Waals surface area (Å²) in [6, 6.07) is 0. The minimum Gasteiger partial charge on any atom is -0.481 e. The van der Waals surface area contributed by atoms with Crippen LogP contribution in [0.15, 0.2) is 11.6 Å². The highest BCUT2D eigenvalue weighted by atomic mass is 16.7. The van der Waals surface area contributed by atoms with Gasteiger partial charge in [-0.15, -0.1) is 0 Å². The van der Waals surface area contributed by atoms with Crippen molar-refractivity contribution in [3.8, 4) is 0 Å². The summed E-state index contributed by atoms with van der Waals surface area (Å²) >= 11 is 0. The molecule has 0 bridgehead atoms. The zero-order valence-corrected chi connectivity index (χ0v) is 29.2. The number of aliphatic hydroxyl groups excluding tert-OH is 2. The quantitative estimate of drug-likeness (QED) is 0.172. The molecule has 10 heteroatoms. The van der Waals surface area contributed by atoms with Crippen molar-refractivity contribution in [1.29, 1.82) is 0 Å². The smallest absolute Gasteiger partial charge is 0.310 e. The second kappa shape index (κ2) is 11.3. The summed E-state index contributed by atoms with van der Waals surface area (Å²) in [7, 11) is 0. The summed E-state index contributed by atoms with van der Waals surface area (Å²) in [5, 5.41) is 41.7. The summed E-state index contributed by atoms with van der Waals surface area (Å²) < 4.78 is 17.8. The van der Waals surface area contributed by atoms with Crippen LogP contribution in [0.2, 0.25) is 0 Å². The Kier molecular flexibility index (Phi) is 8.34. The van der Waals surface area contributed by atoms with Crippen molar-refractivity contribution in [3.63, 3.8) is 0 Å². The second-order valence-electron chi connectivity index (χ2n) is 17.7.